The van der Waals surface area contributed by atoms with Crippen molar-refractivity contribution in [3.05, 3.63) is 0 Å². The molecular formula is C10H22N2O3. The number of aliphatic hydroxyl groups excluding tert-OH is 2. The minimum Gasteiger partial charge on any atom is -0.395 e. The Morgan fingerprint density at radius 1 is 1.27 bits per heavy atom. The molecule has 90 valence electrons. The Balaban J connectivity index is 2.33. The van der Waals surface area contributed by atoms with E-state index in [0.717, 1.165) is 19.6 Å². The molecule has 1 saturated heterocycles. The highest BCUT2D eigenvalue weighted by molar-refractivity contribution is 4.79. The summed E-state index contributed by atoms with van der Waals surface area (Å²) in [5, 5.41) is 17.7. The second kappa shape index (κ2) is 7.14. The lowest BCUT2D eigenvalue weighted by Crippen LogP contribution is -2.46. The van der Waals surface area contributed by atoms with Gasteiger partial charge >= 0.3 is 0 Å². The number of nitrogens with two attached hydrogens (primary N) is 1. The molecule has 1 heterocycles. The smallest absolute Gasteiger partial charge is 0.0558 e. The fraction of sp³-hybridized carbons (Fsp3) is 1.00. The molecule has 0 aromatic carbocycles. The summed E-state index contributed by atoms with van der Waals surface area (Å²) in [6.45, 7) is 3.63. The molecule has 1 aliphatic heterocycles. The summed E-state index contributed by atoms with van der Waals surface area (Å²) in [6, 6.07) is 0.179. The van der Waals surface area contributed by atoms with Crippen molar-refractivity contribution in [2.75, 3.05) is 46.1 Å². The summed E-state index contributed by atoms with van der Waals surface area (Å²) < 4.78 is 5.38. The van der Waals surface area contributed by atoms with Crippen LogP contribution in [0.5, 0.6) is 0 Å². The number of hydrogen-bond acceptors (Lipinski definition) is 5. The maximum atomic E-state index is 8.87. The van der Waals surface area contributed by atoms with Crippen LogP contribution in [-0.4, -0.2) is 67.2 Å². The third kappa shape index (κ3) is 4.44. The van der Waals surface area contributed by atoms with Gasteiger partial charge in [-0.3, -0.25) is 4.90 Å². The highest BCUT2D eigenvalue weighted by atomic mass is 16.5. The molecule has 1 fully saturated rings. The molecule has 1 rings (SSSR count). The molecule has 0 amide bonds. The van der Waals surface area contributed by atoms with Gasteiger partial charge in [0.15, 0.2) is 0 Å². The maximum absolute atomic E-state index is 8.87. The van der Waals surface area contributed by atoms with Gasteiger partial charge in [0.1, 0.15) is 0 Å². The summed E-state index contributed by atoms with van der Waals surface area (Å²) in [5.41, 5.74) is 5.99. The van der Waals surface area contributed by atoms with E-state index in [2.05, 4.69) is 0 Å². The van der Waals surface area contributed by atoms with Crippen LogP contribution in [0.15, 0.2) is 0 Å². The number of hydrogen-bond donors (Lipinski definition) is 3. The van der Waals surface area contributed by atoms with E-state index in [9.17, 15) is 0 Å². The van der Waals surface area contributed by atoms with Crippen LogP contribution < -0.4 is 5.73 Å². The molecule has 2 unspecified atom stereocenters. The third-order valence-electron chi connectivity index (χ3n) is 2.86. The average molecular weight is 218 g/mol. The monoisotopic (exact) mass is 218 g/mol. The van der Waals surface area contributed by atoms with Crippen molar-refractivity contribution in [1.29, 1.82) is 0 Å². The van der Waals surface area contributed by atoms with Gasteiger partial charge in [-0.15, -0.1) is 0 Å². The van der Waals surface area contributed by atoms with E-state index in [1.165, 1.54) is 0 Å². The lowest BCUT2D eigenvalue weighted by molar-refractivity contribution is 0.0212. The lowest BCUT2D eigenvalue weighted by Gasteiger charge is -2.33. The van der Waals surface area contributed by atoms with E-state index < -0.39 is 0 Å². The molecule has 5 heteroatoms. The van der Waals surface area contributed by atoms with Crippen LogP contribution in [0.4, 0.5) is 0 Å². The molecule has 0 saturated carbocycles. The first-order chi connectivity index (χ1) is 7.27. The molecule has 15 heavy (non-hydrogen) atoms. The topological polar surface area (TPSA) is 79.0 Å². The highest BCUT2D eigenvalue weighted by Gasteiger charge is 2.24. The lowest BCUT2D eigenvalue weighted by atomic mass is 9.96. The fourth-order valence-corrected chi connectivity index (χ4v) is 1.91. The summed E-state index contributed by atoms with van der Waals surface area (Å²) in [7, 11) is 0. The number of ether oxygens (including phenoxy) is 1. The van der Waals surface area contributed by atoms with Gasteiger partial charge in [0.25, 0.3) is 0 Å². The van der Waals surface area contributed by atoms with Crippen LogP contribution in [0.2, 0.25) is 0 Å². The molecule has 4 N–H and O–H groups in total. The first-order valence-corrected chi connectivity index (χ1v) is 5.55. The summed E-state index contributed by atoms with van der Waals surface area (Å²) in [5.74, 6) is 0.317. The van der Waals surface area contributed by atoms with Crippen molar-refractivity contribution < 1.29 is 14.9 Å². The average Bonchev–Trinajstić information content (AvgIpc) is 2.22. The Morgan fingerprint density at radius 3 is 2.47 bits per heavy atom. The van der Waals surface area contributed by atoms with E-state index in [1.54, 1.807) is 0 Å². The number of nitrogens with zero attached hydrogens (tertiary/aromatic N) is 1. The zero-order valence-electron chi connectivity index (χ0n) is 9.14. The van der Waals surface area contributed by atoms with Gasteiger partial charge in [0, 0.05) is 38.2 Å². The molecule has 0 aromatic rings. The zero-order valence-corrected chi connectivity index (χ0v) is 9.14. The van der Waals surface area contributed by atoms with Crippen molar-refractivity contribution in [3.63, 3.8) is 0 Å². The van der Waals surface area contributed by atoms with Crippen LogP contribution in [-0.2, 0) is 4.74 Å². The van der Waals surface area contributed by atoms with Crippen LogP contribution in [0, 0.1) is 5.92 Å². The molecule has 5 nitrogen and oxygen atoms in total. The van der Waals surface area contributed by atoms with Gasteiger partial charge in [0.2, 0.25) is 0 Å². The van der Waals surface area contributed by atoms with E-state index in [-0.39, 0.29) is 19.3 Å². The van der Waals surface area contributed by atoms with Crippen LogP contribution >= 0.6 is 0 Å². The predicted molar refractivity (Wildman–Crippen MR) is 57.5 cm³/mol. The minimum absolute atomic E-state index is 0.114. The van der Waals surface area contributed by atoms with Crippen molar-refractivity contribution in [2.45, 2.75) is 12.5 Å². The number of aliphatic hydroxyl groups is 2. The maximum Gasteiger partial charge on any atom is 0.0558 e. The summed E-state index contributed by atoms with van der Waals surface area (Å²) >= 11 is 0. The molecule has 0 spiro atoms. The van der Waals surface area contributed by atoms with Gasteiger partial charge in [-0.2, -0.15) is 0 Å². The minimum atomic E-state index is 0.114. The SMILES string of the molecule is NC1CCOCC1CN(CCO)CCO. The summed E-state index contributed by atoms with van der Waals surface area (Å²) in [6.07, 6.45) is 0.900. The second-order valence-corrected chi connectivity index (χ2v) is 4.04. The third-order valence-corrected chi connectivity index (χ3v) is 2.86. The van der Waals surface area contributed by atoms with Gasteiger partial charge in [-0.1, -0.05) is 0 Å². The van der Waals surface area contributed by atoms with Crippen molar-refractivity contribution >= 4 is 0 Å². The first kappa shape index (κ1) is 12.9. The van der Waals surface area contributed by atoms with Gasteiger partial charge < -0.3 is 20.7 Å². The highest BCUT2D eigenvalue weighted by Crippen LogP contribution is 2.14. The first-order valence-electron chi connectivity index (χ1n) is 5.55. The molecule has 2 atom stereocenters. The Hall–Kier alpha value is -0.200. The van der Waals surface area contributed by atoms with E-state index in [4.69, 9.17) is 20.7 Å². The number of rotatable bonds is 6. The van der Waals surface area contributed by atoms with Crippen LogP contribution in [0.3, 0.4) is 0 Å². The van der Waals surface area contributed by atoms with Crippen LogP contribution in [0.1, 0.15) is 6.42 Å². The van der Waals surface area contributed by atoms with Crippen molar-refractivity contribution in [3.8, 4) is 0 Å². The Kier molecular flexibility index (Phi) is 6.12. The van der Waals surface area contributed by atoms with Crippen molar-refractivity contribution in [2.24, 2.45) is 11.7 Å². The van der Waals surface area contributed by atoms with E-state index >= 15 is 0 Å². The molecule has 1 aliphatic rings. The normalized spacial score (nSPS) is 27.2. The van der Waals surface area contributed by atoms with E-state index in [1.807, 2.05) is 4.90 Å². The molecule has 0 bridgehead atoms. The zero-order chi connectivity index (χ0) is 11.1. The quantitative estimate of drug-likeness (QED) is 0.513. The van der Waals surface area contributed by atoms with Gasteiger partial charge in [-0.05, 0) is 6.42 Å². The fourth-order valence-electron chi connectivity index (χ4n) is 1.91. The molecule has 0 aromatic heterocycles. The molecule has 0 aliphatic carbocycles. The molecule has 0 radical (unpaired) electrons. The Labute approximate surface area is 90.8 Å². The van der Waals surface area contributed by atoms with Gasteiger partial charge in [-0.25, -0.2) is 0 Å². The van der Waals surface area contributed by atoms with Crippen LogP contribution in [0.25, 0.3) is 0 Å². The summed E-state index contributed by atoms with van der Waals surface area (Å²) in [4.78, 5) is 2.03. The predicted octanol–water partition coefficient (Wildman–Crippen LogP) is -1.36. The van der Waals surface area contributed by atoms with Crippen molar-refractivity contribution in [1.82, 2.24) is 4.90 Å². The molecular weight excluding hydrogens is 196 g/mol. The second-order valence-electron chi connectivity index (χ2n) is 4.04. The van der Waals surface area contributed by atoms with Gasteiger partial charge in [0.05, 0.1) is 19.8 Å². The standard InChI is InChI=1S/C10H22N2O3/c11-10-1-6-15-8-9(10)7-12(2-4-13)3-5-14/h9-10,13-14H,1-8,11H2. The van der Waals surface area contributed by atoms with E-state index in [0.29, 0.717) is 25.6 Å². The Morgan fingerprint density at radius 2 is 1.93 bits per heavy atom. The Bertz CT molecular complexity index is 163. The largest absolute Gasteiger partial charge is 0.395 e.